The van der Waals surface area contributed by atoms with Crippen LogP contribution in [0.4, 0.5) is 11.5 Å². The monoisotopic (exact) mass is 278 g/mol. The maximum absolute atomic E-state index is 5.90. The molecule has 0 amide bonds. The number of rotatable bonds is 6. The predicted octanol–water partition coefficient (Wildman–Crippen LogP) is 2.35. The Hall–Kier alpha value is -1.49. The van der Waals surface area contributed by atoms with Crippen molar-refractivity contribution >= 4 is 11.5 Å². The third-order valence-corrected chi connectivity index (χ3v) is 3.97. The Balaban J connectivity index is 1.75. The standard InChI is InChI=1S/C15H26N4O/c1-12-6-3-4-10-19(12)11-5-9-17-15-13(16)7-8-14(18-15)20-2/h7-8,12H,3-6,9-11,16H2,1-2H3,(H,17,18). The molecule has 112 valence electrons. The first kappa shape index (κ1) is 14.9. The molecule has 0 aliphatic carbocycles. The molecule has 1 fully saturated rings. The number of nitrogens with zero attached hydrogens (tertiary/aromatic N) is 2. The molecule has 0 radical (unpaired) electrons. The number of aromatic nitrogens is 1. The van der Waals surface area contributed by atoms with Gasteiger partial charge >= 0.3 is 0 Å². The van der Waals surface area contributed by atoms with E-state index < -0.39 is 0 Å². The highest BCUT2D eigenvalue weighted by atomic mass is 16.5. The largest absolute Gasteiger partial charge is 0.481 e. The summed E-state index contributed by atoms with van der Waals surface area (Å²) in [6.45, 7) is 5.58. The fraction of sp³-hybridized carbons (Fsp3) is 0.667. The zero-order chi connectivity index (χ0) is 14.4. The minimum absolute atomic E-state index is 0.589. The van der Waals surface area contributed by atoms with Crippen LogP contribution >= 0.6 is 0 Å². The summed E-state index contributed by atoms with van der Waals surface area (Å²) in [5, 5.41) is 3.30. The number of pyridine rings is 1. The Labute approximate surface area is 121 Å². The molecule has 1 aliphatic heterocycles. The molecule has 5 heteroatoms. The van der Waals surface area contributed by atoms with Crippen molar-refractivity contribution in [2.75, 3.05) is 37.8 Å². The Morgan fingerprint density at radius 2 is 2.30 bits per heavy atom. The van der Waals surface area contributed by atoms with Crippen molar-refractivity contribution in [1.82, 2.24) is 9.88 Å². The lowest BCUT2D eigenvalue weighted by Gasteiger charge is -2.33. The van der Waals surface area contributed by atoms with Crippen LogP contribution in [0.3, 0.4) is 0 Å². The van der Waals surface area contributed by atoms with Gasteiger partial charge in [0.2, 0.25) is 5.88 Å². The molecule has 2 heterocycles. The van der Waals surface area contributed by atoms with Gasteiger partial charge in [-0.2, -0.15) is 4.98 Å². The van der Waals surface area contributed by atoms with E-state index in [0.29, 0.717) is 11.6 Å². The van der Waals surface area contributed by atoms with Crippen LogP contribution in [0.15, 0.2) is 12.1 Å². The lowest BCUT2D eigenvalue weighted by atomic mass is 10.0. The van der Waals surface area contributed by atoms with Crippen LogP contribution < -0.4 is 15.8 Å². The van der Waals surface area contributed by atoms with Crippen molar-refractivity contribution in [2.45, 2.75) is 38.6 Å². The van der Waals surface area contributed by atoms with Gasteiger partial charge in [-0.05, 0) is 38.8 Å². The van der Waals surface area contributed by atoms with Gasteiger partial charge in [0.1, 0.15) is 0 Å². The third kappa shape index (κ3) is 4.00. The van der Waals surface area contributed by atoms with E-state index in [-0.39, 0.29) is 0 Å². The second-order valence-corrected chi connectivity index (χ2v) is 5.45. The number of nitrogen functional groups attached to an aromatic ring is 1. The van der Waals surface area contributed by atoms with E-state index in [0.717, 1.165) is 31.4 Å². The number of anilines is 2. The van der Waals surface area contributed by atoms with Crippen LogP contribution in [0, 0.1) is 0 Å². The smallest absolute Gasteiger partial charge is 0.215 e. The van der Waals surface area contributed by atoms with Crippen LogP contribution in [-0.4, -0.2) is 42.7 Å². The van der Waals surface area contributed by atoms with E-state index in [1.54, 1.807) is 13.2 Å². The van der Waals surface area contributed by atoms with Gasteiger partial charge in [0.05, 0.1) is 12.8 Å². The van der Waals surface area contributed by atoms with E-state index >= 15 is 0 Å². The molecule has 3 N–H and O–H groups in total. The summed E-state index contributed by atoms with van der Waals surface area (Å²) < 4.78 is 5.11. The Morgan fingerprint density at radius 3 is 3.05 bits per heavy atom. The van der Waals surface area contributed by atoms with E-state index in [1.807, 2.05) is 6.07 Å². The maximum Gasteiger partial charge on any atom is 0.215 e. The first-order valence-corrected chi connectivity index (χ1v) is 7.49. The fourth-order valence-electron chi connectivity index (χ4n) is 2.69. The second kappa shape index (κ2) is 7.33. The van der Waals surface area contributed by atoms with E-state index in [4.69, 9.17) is 10.5 Å². The number of piperidine rings is 1. The van der Waals surface area contributed by atoms with Crippen LogP contribution in [0.1, 0.15) is 32.6 Å². The highest BCUT2D eigenvalue weighted by Crippen LogP contribution is 2.20. The highest BCUT2D eigenvalue weighted by Gasteiger charge is 2.17. The number of ether oxygens (including phenoxy) is 1. The average molecular weight is 278 g/mol. The van der Waals surface area contributed by atoms with Crippen molar-refractivity contribution < 1.29 is 4.74 Å². The van der Waals surface area contributed by atoms with Gasteiger partial charge in [0, 0.05) is 25.2 Å². The summed E-state index contributed by atoms with van der Waals surface area (Å²) in [6, 6.07) is 4.32. The molecule has 5 nitrogen and oxygen atoms in total. The van der Waals surface area contributed by atoms with Gasteiger partial charge < -0.3 is 20.7 Å². The topological polar surface area (TPSA) is 63.4 Å². The normalized spacial score (nSPS) is 19.8. The number of nitrogens with two attached hydrogens (primary N) is 1. The number of likely N-dealkylation sites (tertiary alicyclic amines) is 1. The molecule has 1 atom stereocenters. The number of hydrogen-bond donors (Lipinski definition) is 2. The Bertz CT molecular complexity index is 424. The molecule has 1 unspecified atom stereocenters. The quantitative estimate of drug-likeness (QED) is 0.782. The van der Waals surface area contributed by atoms with Crippen LogP contribution in [-0.2, 0) is 0 Å². The molecular weight excluding hydrogens is 252 g/mol. The van der Waals surface area contributed by atoms with Crippen molar-refractivity contribution in [2.24, 2.45) is 0 Å². The zero-order valence-corrected chi connectivity index (χ0v) is 12.6. The van der Waals surface area contributed by atoms with Crippen LogP contribution in [0.2, 0.25) is 0 Å². The highest BCUT2D eigenvalue weighted by molar-refractivity contribution is 5.61. The lowest BCUT2D eigenvalue weighted by molar-refractivity contribution is 0.160. The molecule has 0 saturated carbocycles. The molecule has 0 bridgehead atoms. The minimum Gasteiger partial charge on any atom is -0.481 e. The third-order valence-electron chi connectivity index (χ3n) is 3.97. The summed E-state index contributed by atoms with van der Waals surface area (Å²) in [6.07, 6.45) is 5.14. The second-order valence-electron chi connectivity index (χ2n) is 5.45. The minimum atomic E-state index is 0.589. The molecular formula is C15H26N4O. The van der Waals surface area contributed by atoms with Crippen molar-refractivity contribution in [3.05, 3.63) is 12.1 Å². The van der Waals surface area contributed by atoms with Crippen molar-refractivity contribution in [3.63, 3.8) is 0 Å². The Kier molecular flexibility index (Phi) is 5.47. The number of nitrogens with one attached hydrogen (secondary N) is 1. The van der Waals surface area contributed by atoms with Crippen LogP contribution in [0.5, 0.6) is 5.88 Å². The summed E-state index contributed by atoms with van der Waals surface area (Å²) >= 11 is 0. The van der Waals surface area contributed by atoms with Gasteiger partial charge in [-0.3, -0.25) is 0 Å². The fourth-order valence-corrected chi connectivity index (χ4v) is 2.69. The molecule has 1 aromatic rings. The number of methoxy groups -OCH3 is 1. The van der Waals surface area contributed by atoms with E-state index in [9.17, 15) is 0 Å². The SMILES string of the molecule is COc1ccc(N)c(NCCCN2CCCCC2C)n1. The Morgan fingerprint density at radius 1 is 1.45 bits per heavy atom. The van der Waals surface area contributed by atoms with Gasteiger partial charge in [-0.15, -0.1) is 0 Å². The van der Waals surface area contributed by atoms with Gasteiger partial charge in [-0.25, -0.2) is 0 Å². The molecule has 1 saturated heterocycles. The molecule has 1 aliphatic rings. The molecule has 0 aromatic carbocycles. The van der Waals surface area contributed by atoms with Gasteiger partial charge in [-0.1, -0.05) is 6.42 Å². The summed E-state index contributed by atoms with van der Waals surface area (Å²) in [7, 11) is 1.61. The number of hydrogen-bond acceptors (Lipinski definition) is 5. The van der Waals surface area contributed by atoms with Crippen LogP contribution in [0.25, 0.3) is 0 Å². The zero-order valence-electron chi connectivity index (χ0n) is 12.6. The van der Waals surface area contributed by atoms with E-state index in [1.165, 1.54) is 25.8 Å². The molecule has 20 heavy (non-hydrogen) atoms. The molecule has 2 rings (SSSR count). The van der Waals surface area contributed by atoms with E-state index in [2.05, 4.69) is 22.1 Å². The van der Waals surface area contributed by atoms with Crippen molar-refractivity contribution in [1.29, 1.82) is 0 Å². The first-order chi connectivity index (χ1) is 9.70. The van der Waals surface area contributed by atoms with Gasteiger partial charge in [0.25, 0.3) is 0 Å². The van der Waals surface area contributed by atoms with Crippen molar-refractivity contribution in [3.8, 4) is 5.88 Å². The van der Waals surface area contributed by atoms with Gasteiger partial charge in [0.15, 0.2) is 5.82 Å². The maximum atomic E-state index is 5.90. The summed E-state index contributed by atoms with van der Waals surface area (Å²) in [5.41, 5.74) is 6.56. The molecule has 0 spiro atoms. The predicted molar refractivity (Wildman–Crippen MR) is 83.2 cm³/mol. The molecule has 1 aromatic heterocycles. The first-order valence-electron chi connectivity index (χ1n) is 7.49. The average Bonchev–Trinajstić information content (AvgIpc) is 2.47. The summed E-state index contributed by atoms with van der Waals surface area (Å²) in [5.74, 6) is 1.31. The summed E-state index contributed by atoms with van der Waals surface area (Å²) in [4.78, 5) is 6.90. The lowest BCUT2D eigenvalue weighted by Crippen LogP contribution is -2.38.